The van der Waals surface area contributed by atoms with Gasteiger partial charge in [-0.05, 0) is 107 Å². The molecule has 5 nitrogen and oxygen atoms in total. The molecule has 2 atom stereocenters. The molecule has 0 saturated carbocycles. The zero-order valence-corrected chi connectivity index (χ0v) is 25.6. The number of anilines is 1. The maximum atomic E-state index is 6.56. The van der Waals surface area contributed by atoms with Gasteiger partial charge in [-0.15, -0.1) is 0 Å². The SMILES string of the molecule is Cc1cccc(C)c1-c1cc2nc(n1)NSc1cccc(c1)C(Cc1ncccc1Br)C(CC(C)(C)C)CO2. The smallest absolute Gasteiger partial charge is 0.237 e. The molecular weight excluding hydrogens is 568 g/mol. The van der Waals surface area contributed by atoms with Gasteiger partial charge >= 0.3 is 0 Å². The summed E-state index contributed by atoms with van der Waals surface area (Å²) in [5.74, 6) is 1.59. The van der Waals surface area contributed by atoms with Gasteiger partial charge in [0.25, 0.3) is 0 Å². The highest BCUT2D eigenvalue weighted by Gasteiger charge is 2.30. The standard InChI is InChI=1S/C32H35BrN4OS/c1-20-9-6-10-21(2)30(20)28-17-29-36-31(35-28)37-39-24-12-7-11-22(15-24)25(16-27-26(33)13-8-14-34-27)23(19-38-29)18-32(3,4)5/h6-15,17,23,25H,16,18-19H2,1-5H3,(H,35,36,37). The molecule has 0 radical (unpaired) electrons. The van der Waals surface area contributed by atoms with Gasteiger partial charge in [-0.25, -0.2) is 4.98 Å². The maximum Gasteiger partial charge on any atom is 0.237 e. The first-order valence-electron chi connectivity index (χ1n) is 13.4. The summed E-state index contributed by atoms with van der Waals surface area (Å²) in [6.45, 7) is 11.7. The van der Waals surface area contributed by atoms with Gasteiger partial charge < -0.3 is 4.74 Å². The Bertz CT molecular complexity index is 1450. The Morgan fingerprint density at radius 3 is 2.51 bits per heavy atom. The number of fused-ring (bicyclic) bond motifs is 4. The monoisotopic (exact) mass is 602 g/mol. The lowest BCUT2D eigenvalue weighted by atomic mass is 9.74. The minimum absolute atomic E-state index is 0.124. The Balaban J connectivity index is 1.59. The molecule has 4 bridgehead atoms. The van der Waals surface area contributed by atoms with E-state index in [0.29, 0.717) is 18.4 Å². The molecule has 0 spiro atoms. The van der Waals surface area contributed by atoms with Gasteiger partial charge in [0.05, 0.1) is 18.0 Å². The molecule has 0 aliphatic carbocycles. The van der Waals surface area contributed by atoms with E-state index in [9.17, 15) is 0 Å². The van der Waals surface area contributed by atoms with E-state index in [1.54, 1.807) is 0 Å². The topological polar surface area (TPSA) is 59.9 Å². The number of nitrogens with zero attached hydrogens (tertiary/aromatic N) is 3. The summed E-state index contributed by atoms with van der Waals surface area (Å²) in [5, 5.41) is 0. The molecule has 2 unspecified atom stereocenters. The number of ether oxygens (including phenoxy) is 1. The van der Waals surface area contributed by atoms with Gasteiger partial charge in [-0.3, -0.25) is 9.71 Å². The fourth-order valence-corrected chi connectivity index (χ4v) is 6.49. The molecule has 39 heavy (non-hydrogen) atoms. The third-order valence-electron chi connectivity index (χ3n) is 7.12. The molecule has 1 aliphatic rings. The summed E-state index contributed by atoms with van der Waals surface area (Å²) in [7, 11) is 0. The van der Waals surface area contributed by atoms with Crippen molar-refractivity contribution in [3.63, 3.8) is 0 Å². The number of hydrogen-bond donors (Lipinski definition) is 1. The first-order chi connectivity index (χ1) is 18.7. The van der Waals surface area contributed by atoms with Gasteiger partial charge in [-0.2, -0.15) is 4.98 Å². The van der Waals surface area contributed by atoms with E-state index < -0.39 is 0 Å². The highest BCUT2D eigenvalue weighted by molar-refractivity contribution is 9.10. The second kappa shape index (κ2) is 11.7. The minimum atomic E-state index is 0.124. The van der Waals surface area contributed by atoms with E-state index in [2.05, 4.69) is 104 Å². The van der Waals surface area contributed by atoms with Crippen LogP contribution in [-0.4, -0.2) is 21.6 Å². The van der Waals surface area contributed by atoms with Crippen molar-refractivity contribution in [2.75, 3.05) is 11.3 Å². The third kappa shape index (κ3) is 6.82. The second-order valence-corrected chi connectivity index (χ2v) is 13.3. The zero-order valence-electron chi connectivity index (χ0n) is 23.2. The molecule has 0 saturated heterocycles. The molecule has 202 valence electrons. The molecule has 5 rings (SSSR count). The molecule has 1 aliphatic heterocycles. The Morgan fingerprint density at radius 2 is 1.77 bits per heavy atom. The molecular formula is C32H35BrN4OS. The summed E-state index contributed by atoms with van der Waals surface area (Å²) in [4.78, 5) is 15.5. The number of hydrogen-bond acceptors (Lipinski definition) is 6. The van der Waals surface area contributed by atoms with Crippen molar-refractivity contribution < 1.29 is 4.74 Å². The van der Waals surface area contributed by atoms with Crippen molar-refractivity contribution >= 4 is 33.8 Å². The lowest BCUT2D eigenvalue weighted by molar-refractivity contribution is 0.166. The van der Waals surface area contributed by atoms with E-state index in [1.807, 2.05) is 18.3 Å². The predicted molar refractivity (Wildman–Crippen MR) is 164 cm³/mol. The third-order valence-corrected chi connectivity index (χ3v) is 8.62. The van der Waals surface area contributed by atoms with Crippen LogP contribution in [0.15, 0.2) is 76.2 Å². The quantitative estimate of drug-likeness (QED) is 0.235. The fourth-order valence-electron chi connectivity index (χ4n) is 5.43. The summed E-state index contributed by atoms with van der Waals surface area (Å²) in [6, 6.07) is 21.1. The van der Waals surface area contributed by atoms with Crippen molar-refractivity contribution in [2.45, 2.75) is 58.3 Å². The second-order valence-electron chi connectivity index (χ2n) is 11.5. The lowest BCUT2D eigenvalue weighted by Gasteiger charge is -2.33. The Labute approximate surface area is 244 Å². The van der Waals surface area contributed by atoms with Crippen molar-refractivity contribution in [2.24, 2.45) is 11.3 Å². The lowest BCUT2D eigenvalue weighted by Crippen LogP contribution is -2.27. The van der Waals surface area contributed by atoms with Crippen LogP contribution in [0.5, 0.6) is 5.88 Å². The van der Waals surface area contributed by atoms with Crippen LogP contribution in [0, 0.1) is 25.2 Å². The van der Waals surface area contributed by atoms with Crippen molar-refractivity contribution in [1.82, 2.24) is 15.0 Å². The molecule has 2 aromatic carbocycles. The Kier molecular flexibility index (Phi) is 8.29. The highest BCUT2D eigenvalue weighted by Crippen LogP contribution is 2.40. The molecule has 4 aromatic rings. The van der Waals surface area contributed by atoms with E-state index in [-0.39, 0.29) is 17.3 Å². The normalized spacial score (nSPS) is 17.4. The number of halogens is 1. The van der Waals surface area contributed by atoms with Crippen molar-refractivity contribution in [1.29, 1.82) is 0 Å². The van der Waals surface area contributed by atoms with E-state index >= 15 is 0 Å². The summed E-state index contributed by atoms with van der Waals surface area (Å²) in [5.41, 5.74) is 6.82. The average molecular weight is 604 g/mol. The average Bonchev–Trinajstić information content (AvgIpc) is 2.88. The number of nitrogens with one attached hydrogen (secondary N) is 1. The molecule has 0 fully saturated rings. The Hall–Kier alpha value is -2.90. The predicted octanol–water partition coefficient (Wildman–Crippen LogP) is 8.81. The summed E-state index contributed by atoms with van der Waals surface area (Å²) in [6.07, 6.45) is 3.69. The fraction of sp³-hybridized carbons (Fsp3) is 0.344. The highest BCUT2D eigenvalue weighted by atomic mass is 79.9. The van der Waals surface area contributed by atoms with Crippen LogP contribution in [0.2, 0.25) is 0 Å². The molecule has 1 N–H and O–H groups in total. The first-order valence-corrected chi connectivity index (χ1v) is 15.0. The molecule has 0 amide bonds. The zero-order chi connectivity index (χ0) is 27.6. The number of rotatable bonds is 4. The van der Waals surface area contributed by atoms with E-state index in [1.165, 1.54) is 28.6 Å². The minimum Gasteiger partial charge on any atom is -0.477 e. The number of aryl methyl sites for hydroxylation is 2. The van der Waals surface area contributed by atoms with Crippen LogP contribution in [0.25, 0.3) is 11.3 Å². The van der Waals surface area contributed by atoms with Gasteiger partial charge in [0.1, 0.15) is 0 Å². The molecule has 2 aromatic heterocycles. The van der Waals surface area contributed by atoms with Gasteiger partial charge in [0.15, 0.2) is 0 Å². The maximum absolute atomic E-state index is 6.56. The van der Waals surface area contributed by atoms with Crippen LogP contribution >= 0.6 is 27.9 Å². The number of benzene rings is 2. The van der Waals surface area contributed by atoms with E-state index in [0.717, 1.165) is 39.2 Å². The van der Waals surface area contributed by atoms with Crippen LogP contribution in [0.4, 0.5) is 5.95 Å². The first kappa shape index (κ1) is 27.7. The molecule has 7 heteroatoms. The van der Waals surface area contributed by atoms with Crippen LogP contribution < -0.4 is 9.46 Å². The number of pyridine rings is 1. The summed E-state index contributed by atoms with van der Waals surface area (Å²) >= 11 is 5.27. The van der Waals surface area contributed by atoms with Gasteiger partial charge in [-0.1, -0.05) is 51.1 Å². The summed E-state index contributed by atoms with van der Waals surface area (Å²) < 4.78 is 11.0. The largest absolute Gasteiger partial charge is 0.477 e. The van der Waals surface area contributed by atoms with Crippen LogP contribution in [0.3, 0.4) is 0 Å². The molecule has 3 heterocycles. The van der Waals surface area contributed by atoms with Gasteiger partial charge in [0, 0.05) is 33.1 Å². The van der Waals surface area contributed by atoms with Crippen molar-refractivity contribution in [3.8, 4) is 17.1 Å². The van der Waals surface area contributed by atoms with Crippen LogP contribution in [0.1, 0.15) is 55.5 Å². The van der Waals surface area contributed by atoms with E-state index in [4.69, 9.17) is 19.7 Å². The number of aromatic nitrogens is 3. The van der Waals surface area contributed by atoms with Crippen LogP contribution in [-0.2, 0) is 6.42 Å². The van der Waals surface area contributed by atoms with Crippen molar-refractivity contribution in [3.05, 3.63) is 93.7 Å². The Morgan fingerprint density at radius 1 is 1.00 bits per heavy atom. The van der Waals surface area contributed by atoms with Gasteiger partial charge in [0.2, 0.25) is 11.8 Å².